The number of carboxylic acid groups (broad SMARTS) is 2. The summed E-state index contributed by atoms with van der Waals surface area (Å²) in [5.74, 6) is -3.08. The van der Waals surface area contributed by atoms with Crippen LogP contribution >= 0.6 is 11.6 Å². The Kier molecular flexibility index (Phi) is 13.3. The predicted octanol–water partition coefficient (Wildman–Crippen LogP) is 3.53. The number of carboxylic acids is 2. The van der Waals surface area contributed by atoms with Crippen molar-refractivity contribution in [2.45, 2.75) is 58.2 Å². The van der Waals surface area contributed by atoms with Crippen LogP contribution in [0.3, 0.4) is 0 Å². The van der Waals surface area contributed by atoms with Crippen molar-refractivity contribution in [3.05, 3.63) is 71.3 Å². The highest BCUT2D eigenvalue weighted by Crippen LogP contribution is 2.31. The van der Waals surface area contributed by atoms with Gasteiger partial charge in [0.25, 0.3) is 0 Å². The number of hydrogen-bond acceptors (Lipinski definition) is 7. The topological polar surface area (TPSA) is 173 Å². The highest BCUT2D eigenvalue weighted by Gasteiger charge is 2.40. The van der Waals surface area contributed by atoms with Gasteiger partial charge in [0.1, 0.15) is 0 Å². The van der Waals surface area contributed by atoms with Crippen LogP contribution in [0, 0.1) is 12.8 Å². The molecular weight excluding hydrogens is 576 g/mol. The number of hydrogen-bond donors (Lipinski definition) is 5. The van der Waals surface area contributed by atoms with Crippen LogP contribution in [0.2, 0.25) is 5.02 Å². The Morgan fingerprint density at radius 1 is 1.07 bits per heavy atom. The Morgan fingerprint density at radius 3 is 2.19 bits per heavy atom. The number of carbonyl (C=O) groups is 4. The molecule has 11 nitrogen and oxygen atoms in total. The van der Waals surface area contributed by atoms with Crippen molar-refractivity contribution in [3.63, 3.8) is 0 Å². The van der Waals surface area contributed by atoms with Gasteiger partial charge in [0.15, 0.2) is 0 Å². The van der Waals surface area contributed by atoms with E-state index >= 15 is 0 Å². The molecule has 6 N–H and O–H groups in total. The van der Waals surface area contributed by atoms with Gasteiger partial charge in [0.2, 0.25) is 11.8 Å². The Bertz CT molecular complexity index is 1280. The summed E-state index contributed by atoms with van der Waals surface area (Å²) in [6, 6.07) is 14.3. The Hall–Kier alpha value is -3.77. The smallest absolute Gasteiger partial charge is 0.328 e. The van der Waals surface area contributed by atoms with Gasteiger partial charge in [-0.15, -0.1) is 0 Å². The number of aliphatic hydroxyl groups excluding tert-OH is 1. The lowest BCUT2D eigenvalue weighted by molar-refractivity contribution is -0.134. The number of amides is 2. The Balaban J connectivity index is 0.000000708. The van der Waals surface area contributed by atoms with Crippen molar-refractivity contribution in [2.24, 2.45) is 11.7 Å². The number of aliphatic carboxylic acids is 2. The minimum Gasteiger partial charge on any atom is -0.478 e. The van der Waals surface area contributed by atoms with Gasteiger partial charge < -0.3 is 31.3 Å². The fourth-order valence-electron chi connectivity index (χ4n) is 4.56. The first-order valence-electron chi connectivity index (χ1n) is 13.9. The van der Waals surface area contributed by atoms with E-state index in [0.29, 0.717) is 42.4 Å². The molecule has 0 unspecified atom stereocenters. The van der Waals surface area contributed by atoms with Gasteiger partial charge in [-0.3, -0.25) is 14.5 Å². The zero-order chi connectivity index (χ0) is 32.3. The number of nitrogens with one attached hydrogen (secondary N) is 1. The molecule has 1 saturated heterocycles. The molecule has 2 aromatic rings. The number of benzene rings is 2. The second-order valence-electron chi connectivity index (χ2n) is 11.1. The van der Waals surface area contributed by atoms with Gasteiger partial charge in [-0.05, 0) is 57.9 Å². The van der Waals surface area contributed by atoms with E-state index in [9.17, 15) is 24.3 Å². The van der Waals surface area contributed by atoms with Gasteiger partial charge in [-0.2, -0.15) is 0 Å². The van der Waals surface area contributed by atoms with Gasteiger partial charge in [-0.1, -0.05) is 48.4 Å². The Morgan fingerprint density at radius 2 is 1.65 bits per heavy atom. The molecule has 0 bridgehead atoms. The highest BCUT2D eigenvalue weighted by atomic mass is 35.5. The summed E-state index contributed by atoms with van der Waals surface area (Å²) in [6.45, 7) is 8.97. The second kappa shape index (κ2) is 16.2. The minimum atomic E-state index is -1.26. The van der Waals surface area contributed by atoms with Crippen LogP contribution in [0.5, 0.6) is 0 Å². The molecule has 3 rings (SSSR count). The van der Waals surface area contributed by atoms with E-state index < -0.39 is 24.1 Å². The number of piperazine rings is 1. The average molecular weight is 617 g/mol. The first kappa shape index (κ1) is 35.4. The van der Waals surface area contributed by atoms with Crippen LogP contribution in [-0.4, -0.2) is 81.3 Å². The van der Waals surface area contributed by atoms with Crippen LogP contribution in [0.4, 0.5) is 11.4 Å². The zero-order valence-corrected chi connectivity index (χ0v) is 25.6. The molecule has 3 atom stereocenters. The van der Waals surface area contributed by atoms with E-state index in [1.807, 2.05) is 75.1 Å². The van der Waals surface area contributed by atoms with Crippen LogP contribution in [-0.2, 0) is 19.2 Å². The van der Waals surface area contributed by atoms with E-state index in [2.05, 4.69) is 5.32 Å². The number of aliphatic hydroxyl groups is 1. The number of halogens is 1. The zero-order valence-electron chi connectivity index (χ0n) is 24.9. The van der Waals surface area contributed by atoms with E-state index in [0.717, 1.165) is 11.3 Å². The van der Waals surface area contributed by atoms with Crippen LogP contribution < -0.4 is 16.0 Å². The summed E-state index contributed by atoms with van der Waals surface area (Å²) in [7, 11) is 0. The molecule has 0 radical (unpaired) electrons. The molecule has 43 heavy (non-hydrogen) atoms. The standard InChI is InChI=1S/C27H37ClN4O3.C4H4O4/c1-5-19(26(35)30-20-12-10-18(2)11-13-20)14-24(33)22(29)15-31-16-25(34)32(17-27(31,3)4)23-9-7-6-8-21(23)28;5-3(6)1-2-4(7)8/h6-13,19,22,24,33H,5,14-17,29H2,1-4H3,(H,30,35);1-2H,(H,5,6)(H,7,8)/b;2-1+/t19-,22+,24+;/m1./s1. The molecule has 2 amide bonds. The van der Waals surface area contributed by atoms with Crippen molar-refractivity contribution in [1.82, 2.24) is 4.90 Å². The van der Waals surface area contributed by atoms with E-state index in [-0.39, 0.29) is 36.2 Å². The van der Waals surface area contributed by atoms with Crippen LogP contribution in [0.15, 0.2) is 60.7 Å². The monoisotopic (exact) mass is 616 g/mol. The van der Waals surface area contributed by atoms with Crippen LogP contribution in [0.1, 0.15) is 39.2 Å². The van der Waals surface area contributed by atoms with Crippen molar-refractivity contribution < 1.29 is 34.5 Å². The largest absolute Gasteiger partial charge is 0.478 e. The maximum Gasteiger partial charge on any atom is 0.328 e. The first-order chi connectivity index (χ1) is 20.1. The molecule has 0 aromatic heterocycles. The maximum absolute atomic E-state index is 13.0. The van der Waals surface area contributed by atoms with E-state index in [1.54, 1.807) is 11.0 Å². The number of aryl methyl sites for hydroxylation is 1. The minimum absolute atomic E-state index is 0.0666. The SMILES string of the molecule is CC[C@H](C[C@H](O)[C@@H](N)CN1CC(=O)N(c2ccccc2Cl)CC1(C)C)C(=O)Nc1ccc(C)cc1.O=C(O)/C=C/C(=O)O. The molecule has 1 aliphatic rings. The predicted molar refractivity (Wildman–Crippen MR) is 166 cm³/mol. The lowest BCUT2D eigenvalue weighted by Crippen LogP contribution is -2.64. The van der Waals surface area contributed by atoms with Gasteiger partial charge >= 0.3 is 11.9 Å². The fraction of sp³-hybridized carbons (Fsp3) is 0.419. The third-order valence-electron chi connectivity index (χ3n) is 7.17. The molecule has 1 heterocycles. The maximum atomic E-state index is 13.0. The van der Waals surface area contributed by atoms with Gasteiger partial charge in [0, 0.05) is 48.4 Å². The number of anilines is 2. The van der Waals surface area contributed by atoms with E-state index in [1.165, 1.54) is 0 Å². The molecule has 2 aromatic carbocycles. The quantitative estimate of drug-likeness (QED) is 0.237. The summed E-state index contributed by atoms with van der Waals surface area (Å²) in [5.41, 5.74) is 8.55. The molecular formula is C31H41ClN4O7. The molecule has 234 valence electrons. The van der Waals surface area contributed by atoms with Crippen molar-refractivity contribution in [3.8, 4) is 0 Å². The summed E-state index contributed by atoms with van der Waals surface area (Å²) >= 11 is 6.33. The molecule has 1 fully saturated rings. The van der Waals surface area contributed by atoms with Crippen molar-refractivity contribution in [2.75, 3.05) is 29.9 Å². The lowest BCUT2D eigenvalue weighted by Gasteiger charge is -2.47. The number of para-hydroxylation sites is 1. The summed E-state index contributed by atoms with van der Waals surface area (Å²) in [4.78, 5) is 48.6. The van der Waals surface area contributed by atoms with E-state index in [4.69, 9.17) is 27.5 Å². The average Bonchev–Trinajstić information content (AvgIpc) is 2.94. The van der Waals surface area contributed by atoms with Gasteiger partial charge in [0.05, 0.1) is 23.4 Å². The summed E-state index contributed by atoms with van der Waals surface area (Å²) < 4.78 is 0. The molecule has 0 aliphatic carbocycles. The fourth-order valence-corrected chi connectivity index (χ4v) is 4.80. The van der Waals surface area contributed by atoms with Crippen molar-refractivity contribution in [1.29, 1.82) is 0 Å². The number of rotatable bonds is 11. The Labute approximate surface area is 256 Å². The summed E-state index contributed by atoms with van der Waals surface area (Å²) in [5, 5.41) is 29.9. The molecule has 0 saturated carbocycles. The normalized spacial score (nSPS) is 17.0. The first-order valence-corrected chi connectivity index (χ1v) is 14.3. The molecule has 1 aliphatic heterocycles. The number of nitrogens with zero attached hydrogens (tertiary/aromatic N) is 2. The summed E-state index contributed by atoms with van der Waals surface area (Å²) in [6.07, 6.45) is 1.08. The highest BCUT2D eigenvalue weighted by molar-refractivity contribution is 6.33. The number of carbonyl (C=O) groups excluding carboxylic acids is 2. The third-order valence-corrected chi connectivity index (χ3v) is 7.49. The third kappa shape index (κ3) is 11.1. The lowest BCUT2D eigenvalue weighted by atomic mass is 9.92. The van der Waals surface area contributed by atoms with Crippen molar-refractivity contribution >= 4 is 46.7 Å². The van der Waals surface area contributed by atoms with Crippen LogP contribution in [0.25, 0.3) is 0 Å². The second-order valence-corrected chi connectivity index (χ2v) is 11.5. The molecule has 12 heteroatoms. The molecule has 0 spiro atoms. The number of nitrogens with two attached hydrogens (primary N) is 1. The van der Waals surface area contributed by atoms with Gasteiger partial charge in [-0.25, -0.2) is 9.59 Å².